The van der Waals surface area contributed by atoms with E-state index in [1.807, 2.05) is 0 Å². The summed E-state index contributed by atoms with van der Waals surface area (Å²) in [6, 6.07) is 0.311. The monoisotopic (exact) mass is 255 g/mol. The first-order chi connectivity index (χ1) is 8.72. The highest BCUT2D eigenvalue weighted by Crippen LogP contribution is 2.27. The molecule has 0 bridgehead atoms. The lowest BCUT2D eigenvalue weighted by Gasteiger charge is -2.38. The second kappa shape index (κ2) is 6.53. The topological polar surface area (TPSA) is 49.8 Å². The van der Waals surface area contributed by atoms with Crippen molar-refractivity contribution in [2.24, 2.45) is 5.92 Å². The fourth-order valence-electron chi connectivity index (χ4n) is 3.33. The number of likely N-dealkylation sites (tertiary alicyclic amines) is 1. The lowest BCUT2D eigenvalue weighted by molar-refractivity contribution is -0.147. The molecule has 1 aliphatic carbocycles. The molecule has 4 nitrogen and oxygen atoms in total. The van der Waals surface area contributed by atoms with Crippen molar-refractivity contribution in [3.05, 3.63) is 0 Å². The number of carbonyl (C=O) groups is 1. The van der Waals surface area contributed by atoms with Gasteiger partial charge in [-0.1, -0.05) is 19.3 Å². The Morgan fingerprint density at radius 3 is 2.44 bits per heavy atom. The molecule has 4 heteroatoms. The van der Waals surface area contributed by atoms with Crippen LogP contribution >= 0.6 is 0 Å². The zero-order chi connectivity index (χ0) is 13.0. The molecule has 2 rings (SSSR count). The average molecular weight is 255 g/mol. The molecule has 1 N–H and O–H groups in total. The van der Waals surface area contributed by atoms with Crippen LogP contribution in [0.2, 0.25) is 0 Å². The largest absolute Gasteiger partial charge is 0.469 e. The van der Waals surface area contributed by atoms with Gasteiger partial charge in [0.25, 0.3) is 0 Å². The van der Waals surface area contributed by atoms with Crippen molar-refractivity contribution in [1.29, 1.82) is 0 Å². The summed E-state index contributed by atoms with van der Waals surface area (Å²) in [5, 5.41) is 10.2. The van der Waals surface area contributed by atoms with Gasteiger partial charge >= 0.3 is 5.97 Å². The highest BCUT2D eigenvalue weighted by Gasteiger charge is 2.32. The molecule has 0 aromatic rings. The Bertz CT molecular complexity index is 274. The molecule has 104 valence electrons. The summed E-state index contributed by atoms with van der Waals surface area (Å²) < 4.78 is 4.80. The molecular weight excluding hydrogens is 230 g/mol. The summed E-state index contributed by atoms with van der Waals surface area (Å²) in [6.45, 7) is 1.84. The molecule has 0 spiro atoms. The van der Waals surface area contributed by atoms with E-state index in [9.17, 15) is 9.90 Å². The van der Waals surface area contributed by atoms with Crippen LogP contribution in [0, 0.1) is 5.92 Å². The second-order valence-electron chi connectivity index (χ2n) is 5.61. The van der Waals surface area contributed by atoms with Crippen LogP contribution in [-0.2, 0) is 9.53 Å². The van der Waals surface area contributed by atoms with Crippen molar-refractivity contribution < 1.29 is 14.6 Å². The smallest absolute Gasteiger partial charge is 0.308 e. The molecule has 2 atom stereocenters. The van der Waals surface area contributed by atoms with Crippen LogP contribution in [0.25, 0.3) is 0 Å². The molecular formula is C14H25NO3. The van der Waals surface area contributed by atoms with Crippen LogP contribution in [0.15, 0.2) is 0 Å². The molecule has 2 aliphatic rings. The third-order valence-electron chi connectivity index (χ3n) is 4.48. The van der Waals surface area contributed by atoms with E-state index in [0.717, 1.165) is 45.2 Å². The standard InChI is InChI=1S/C14H25NO3/c1-18-14(17)11-7-9-15(10-8-11)12-5-3-2-4-6-13(12)16/h11-13,16H,2-10H2,1H3. The van der Waals surface area contributed by atoms with Crippen LogP contribution in [0.1, 0.15) is 44.9 Å². The van der Waals surface area contributed by atoms with Crippen LogP contribution in [0.4, 0.5) is 0 Å². The zero-order valence-electron chi connectivity index (χ0n) is 11.3. The van der Waals surface area contributed by atoms with Crippen LogP contribution in [0.3, 0.4) is 0 Å². The highest BCUT2D eigenvalue weighted by molar-refractivity contribution is 5.72. The lowest BCUT2D eigenvalue weighted by atomic mass is 9.93. The predicted molar refractivity (Wildman–Crippen MR) is 69.2 cm³/mol. The molecule has 1 aliphatic heterocycles. The summed E-state index contributed by atoms with van der Waals surface area (Å²) in [4.78, 5) is 13.9. The van der Waals surface area contributed by atoms with E-state index >= 15 is 0 Å². The Morgan fingerprint density at radius 1 is 1.11 bits per heavy atom. The van der Waals surface area contributed by atoms with Crippen molar-refractivity contribution in [2.75, 3.05) is 20.2 Å². The molecule has 1 saturated carbocycles. The van der Waals surface area contributed by atoms with Crippen LogP contribution < -0.4 is 0 Å². The van der Waals surface area contributed by atoms with E-state index < -0.39 is 0 Å². The summed E-state index contributed by atoms with van der Waals surface area (Å²) in [5.74, 6) is -0.00904. The van der Waals surface area contributed by atoms with Crippen molar-refractivity contribution in [3.63, 3.8) is 0 Å². The van der Waals surface area contributed by atoms with Gasteiger partial charge in [-0.3, -0.25) is 9.69 Å². The first-order valence-corrected chi connectivity index (χ1v) is 7.22. The molecule has 0 amide bonds. The van der Waals surface area contributed by atoms with Gasteiger partial charge in [-0.05, 0) is 38.8 Å². The fraction of sp³-hybridized carbons (Fsp3) is 0.929. The minimum Gasteiger partial charge on any atom is -0.469 e. The normalized spacial score (nSPS) is 31.9. The van der Waals surface area contributed by atoms with Gasteiger partial charge in [-0.25, -0.2) is 0 Å². The van der Waals surface area contributed by atoms with Crippen molar-refractivity contribution >= 4 is 5.97 Å². The molecule has 1 heterocycles. The van der Waals surface area contributed by atoms with Crippen LogP contribution in [0.5, 0.6) is 0 Å². The van der Waals surface area contributed by atoms with Gasteiger partial charge in [0.05, 0.1) is 19.1 Å². The van der Waals surface area contributed by atoms with Gasteiger partial charge in [0.1, 0.15) is 0 Å². The number of hydrogen-bond donors (Lipinski definition) is 1. The second-order valence-corrected chi connectivity index (χ2v) is 5.61. The maximum atomic E-state index is 11.5. The third kappa shape index (κ3) is 3.23. The third-order valence-corrected chi connectivity index (χ3v) is 4.48. The maximum Gasteiger partial charge on any atom is 0.308 e. The number of rotatable bonds is 2. The molecule has 2 fully saturated rings. The maximum absolute atomic E-state index is 11.5. The van der Waals surface area contributed by atoms with Crippen LogP contribution in [-0.4, -0.2) is 48.3 Å². The number of carbonyl (C=O) groups excluding carboxylic acids is 1. The van der Waals surface area contributed by atoms with E-state index in [-0.39, 0.29) is 18.0 Å². The van der Waals surface area contributed by atoms with Gasteiger partial charge in [0, 0.05) is 6.04 Å². The van der Waals surface area contributed by atoms with Gasteiger partial charge in [-0.15, -0.1) is 0 Å². The van der Waals surface area contributed by atoms with Crippen molar-refractivity contribution in [3.8, 4) is 0 Å². The number of hydrogen-bond acceptors (Lipinski definition) is 4. The molecule has 1 saturated heterocycles. The molecule has 0 radical (unpaired) electrons. The first kappa shape index (κ1) is 13.8. The minimum atomic E-state index is -0.179. The molecule has 0 aromatic heterocycles. The number of piperidine rings is 1. The average Bonchev–Trinajstić information content (AvgIpc) is 2.63. The van der Waals surface area contributed by atoms with E-state index in [1.54, 1.807) is 0 Å². The Balaban J connectivity index is 1.86. The number of nitrogens with zero attached hydrogens (tertiary/aromatic N) is 1. The lowest BCUT2D eigenvalue weighted by Crippen LogP contribution is -2.48. The van der Waals surface area contributed by atoms with E-state index in [4.69, 9.17) is 4.74 Å². The van der Waals surface area contributed by atoms with E-state index in [1.165, 1.54) is 20.0 Å². The molecule has 0 aromatic carbocycles. The Labute approximate surface area is 109 Å². The van der Waals surface area contributed by atoms with E-state index in [0.29, 0.717) is 6.04 Å². The van der Waals surface area contributed by atoms with Gasteiger partial charge in [-0.2, -0.15) is 0 Å². The summed E-state index contributed by atoms with van der Waals surface area (Å²) in [7, 11) is 1.46. The number of esters is 1. The number of methoxy groups -OCH3 is 1. The molecule has 18 heavy (non-hydrogen) atoms. The van der Waals surface area contributed by atoms with E-state index in [2.05, 4.69) is 4.90 Å². The van der Waals surface area contributed by atoms with Gasteiger partial charge < -0.3 is 9.84 Å². The number of aliphatic hydroxyl groups is 1. The fourth-order valence-corrected chi connectivity index (χ4v) is 3.33. The Morgan fingerprint density at radius 2 is 1.78 bits per heavy atom. The van der Waals surface area contributed by atoms with Crippen molar-refractivity contribution in [1.82, 2.24) is 4.90 Å². The van der Waals surface area contributed by atoms with Gasteiger partial charge in [0.15, 0.2) is 0 Å². The Hall–Kier alpha value is -0.610. The predicted octanol–water partition coefficient (Wildman–Crippen LogP) is 1.56. The SMILES string of the molecule is COC(=O)C1CCN(C2CCCCCC2O)CC1. The number of aliphatic hydroxyl groups excluding tert-OH is 1. The number of ether oxygens (including phenoxy) is 1. The van der Waals surface area contributed by atoms with Crippen molar-refractivity contribution in [2.45, 2.75) is 57.1 Å². The summed E-state index contributed by atoms with van der Waals surface area (Å²) in [6.07, 6.45) is 7.21. The highest BCUT2D eigenvalue weighted by atomic mass is 16.5. The summed E-state index contributed by atoms with van der Waals surface area (Å²) in [5.41, 5.74) is 0. The zero-order valence-corrected chi connectivity index (χ0v) is 11.3. The van der Waals surface area contributed by atoms with Gasteiger partial charge in [0.2, 0.25) is 0 Å². The quantitative estimate of drug-likeness (QED) is 0.601. The molecule has 2 unspecified atom stereocenters. The minimum absolute atomic E-state index is 0.0640. The Kier molecular flexibility index (Phi) is 5.01. The summed E-state index contributed by atoms with van der Waals surface area (Å²) >= 11 is 0. The first-order valence-electron chi connectivity index (χ1n) is 7.22.